The molecule has 2 rings (SSSR count). The van der Waals surface area contributed by atoms with Gasteiger partial charge in [-0.05, 0) is 37.4 Å². The van der Waals surface area contributed by atoms with Crippen LogP contribution in [-0.2, 0) is 0 Å². The van der Waals surface area contributed by atoms with Gasteiger partial charge in [-0.2, -0.15) is 0 Å². The summed E-state index contributed by atoms with van der Waals surface area (Å²) in [7, 11) is 0. The van der Waals surface area contributed by atoms with Gasteiger partial charge in [0.2, 0.25) is 0 Å². The Morgan fingerprint density at radius 2 is 2.12 bits per heavy atom. The molecule has 1 aromatic rings. The monoisotopic (exact) mass is 299 g/mol. The molecule has 0 aliphatic heterocycles. The van der Waals surface area contributed by atoms with Crippen molar-refractivity contribution in [2.45, 2.75) is 38.6 Å². The van der Waals surface area contributed by atoms with E-state index in [1.165, 1.54) is 25.7 Å². The lowest BCUT2D eigenvalue weighted by molar-refractivity contribution is 0.363. The number of halogens is 2. The summed E-state index contributed by atoms with van der Waals surface area (Å²) in [6.07, 6.45) is 5.00. The topological polar surface area (TPSA) is 12.0 Å². The van der Waals surface area contributed by atoms with Crippen molar-refractivity contribution in [3.63, 3.8) is 0 Å². The van der Waals surface area contributed by atoms with Crippen LogP contribution in [0.4, 0.5) is 4.39 Å². The Morgan fingerprint density at radius 1 is 1.41 bits per heavy atom. The first-order valence-electron chi connectivity index (χ1n) is 6.40. The van der Waals surface area contributed by atoms with Crippen LogP contribution in [0, 0.1) is 11.7 Å². The van der Waals surface area contributed by atoms with Crippen molar-refractivity contribution in [3.8, 4) is 0 Å². The molecule has 94 valence electrons. The Bertz CT molecular complexity index is 374. The molecule has 3 heteroatoms. The zero-order valence-corrected chi connectivity index (χ0v) is 11.8. The zero-order chi connectivity index (χ0) is 12.3. The molecule has 0 saturated heterocycles. The molecule has 0 heterocycles. The van der Waals surface area contributed by atoms with E-state index < -0.39 is 0 Å². The first-order chi connectivity index (χ1) is 8.22. The maximum Gasteiger partial charge on any atom is 0.129 e. The highest BCUT2D eigenvalue weighted by Crippen LogP contribution is 2.36. The lowest BCUT2D eigenvalue weighted by Crippen LogP contribution is -2.27. The van der Waals surface area contributed by atoms with Crippen molar-refractivity contribution in [2.75, 3.05) is 6.54 Å². The average Bonchev–Trinajstić information content (AvgIpc) is 2.80. The maximum atomic E-state index is 14.0. The molecule has 1 saturated carbocycles. The molecule has 1 fully saturated rings. The third-order valence-corrected chi connectivity index (χ3v) is 4.09. The Balaban J connectivity index is 2.24. The van der Waals surface area contributed by atoms with Gasteiger partial charge in [-0.3, -0.25) is 0 Å². The molecule has 0 bridgehead atoms. The predicted molar refractivity (Wildman–Crippen MR) is 72.5 cm³/mol. The molecular formula is C14H19BrFN. The van der Waals surface area contributed by atoms with Gasteiger partial charge in [-0.1, -0.05) is 41.8 Å². The highest BCUT2D eigenvalue weighted by molar-refractivity contribution is 9.10. The number of hydrogen-bond acceptors (Lipinski definition) is 1. The van der Waals surface area contributed by atoms with Gasteiger partial charge >= 0.3 is 0 Å². The summed E-state index contributed by atoms with van der Waals surface area (Å²) in [5.74, 6) is 0.489. The Morgan fingerprint density at radius 3 is 2.71 bits per heavy atom. The van der Waals surface area contributed by atoms with E-state index in [0.29, 0.717) is 5.92 Å². The molecule has 1 nitrogen and oxygen atoms in total. The van der Waals surface area contributed by atoms with E-state index in [2.05, 4.69) is 28.2 Å². The van der Waals surface area contributed by atoms with E-state index >= 15 is 0 Å². The fraction of sp³-hybridized carbons (Fsp3) is 0.571. The number of benzene rings is 1. The van der Waals surface area contributed by atoms with Crippen LogP contribution in [0.25, 0.3) is 0 Å². The second-order valence-electron chi connectivity index (χ2n) is 4.75. The van der Waals surface area contributed by atoms with Gasteiger partial charge < -0.3 is 5.32 Å². The molecule has 0 amide bonds. The summed E-state index contributed by atoms with van der Waals surface area (Å²) in [6, 6.07) is 5.58. The molecule has 1 aromatic carbocycles. The summed E-state index contributed by atoms with van der Waals surface area (Å²) in [5.41, 5.74) is 0.821. The van der Waals surface area contributed by atoms with Gasteiger partial charge in [0.05, 0.1) is 0 Å². The molecule has 1 unspecified atom stereocenters. The summed E-state index contributed by atoms with van der Waals surface area (Å²) in [4.78, 5) is 0. The summed E-state index contributed by atoms with van der Waals surface area (Å²) in [6.45, 7) is 2.97. The third kappa shape index (κ3) is 3.08. The van der Waals surface area contributed by atoms with E-state index in [9.17, 15) is 4.39 Å². The molecule has 0 radical (unpaired) electrons. The van der Waals surface area contributed by atoms with Gasteiger partial charge in [-0.15, -0.1) is 0 Å². The smallest absolute Gasteiger partial charge is 0.129 e. The van der Waals surface area contributed by atoms with Crippen molar-refractivity contribution in [1.29, 1.82) is 0 Å². The predicted octanol–water partition coefficient (Wildman–Crippen LogP) is 4.43. The van der Waals surface area contributed by atoms with E-state index in [4.69, 9.17) is 0 Å². The van der Waals surface area contributed by atoms with Gasteiger partial charge in [0.25, 0.3) is 0 Å². The SMILES string of the molecule is CCNC(c1ccc(Br)cc1F)C1CCCC1. The summed E-state index contributed by atoms with van der Waals surface area (Å²) in [5, 5.41) is 3.45. The minimum atomic E-state index is -0.0998. The quantitative estimate of drug-likeness (QED) is 0.867. The van der Waals surface area contributed by atoms with Crippen molar-refractivity contribution >= 4 is 15.9 Å². The van der Waals surface area contributed by atoms with Crippen molar-refractivity contribution in [1.82, 2.24) is 5.32 Å². The van der Waals surface area contributed by atoms with Crippen LogP contribution in [0.2, 0.25) is 0 Å². The molecule has 1 N–H and O–H groups in total. The fourth-order valence-corrected chi connectivity index (χ4v) is 3.13. The summed E-state index contributed by atoms with van der Waals surface area (Å²) < 4.78 is 14.8. The number of nitrogens with one attached hydrogen (secondary N) is 1. The molecule has 1 aliphatic carbocycles. The van der Waals surface area contributed by atoms with Crippen molar-refractivity contribution in [3.05, 3.63) is 34.1 Å². The van der Waals surface area contributed by atoms with Gasteiger partial charge in [0.15, 0.2) is 0 Å². The zero-order valence-electron chi connectivity index (χ0n) is 10.2. The largest absolute Gasteiger partial charge is 0.310 e. The fourth-order valence-electron chi connectivity index (χ4n) is 2.79. The second kappa shape index (κ2) is 5.96. The standard InChI is InChI=1S/C14H19BrFN/c1-2-17-14(10-5-3-4-6-10)12-8-7-11(15)9-13(12)16/h7-10,14,17H,2-6H2,1H3. The highest BCUT2D eigenvalue weighted by atomic mass is 79.9. The second-order valence-corrected chi connectivity index (χ2v) is 5.66. The molecule has 0 spiro atoms. The molecule has 0 aromatic heterocycles. The van der Waals surface area contributed by atoms with E-state index in [-0.39, 0.29) is 11.9 Å². The van der Waals surface area contributed by atoms with Gasteiger partial charge in [0, 0.05) is 16.1 Å². The normalized spacial score (nSPS) is 18.5. The average molecular weight is 300 g/mol. The van der Waals surface area contributed by atoms with E-state index in [0.717, 1.165) is 16.6 Å². The van der Waals surface area contributed by atoms with Gasteiger partial charge in [0.1, 0.15) is 5.82 Å². The highest BCUT2D eigenvalue weighted by Gasteiger charge is 2.27. The lowest BCUT2D eigenvalue weighted by Gasteiger charge is -2.25. The van der Waals surface area contributed by atoms with Crippen molar-refractivity contribution < 1.29 is 4.39 Å². The molecular weight excluding hydrogens is 281 g/mol. The first-order valence-corrected chi connectivity index (χ1v) is 7.20. The van der Waals surface area contributed by atoms with Crippen LogP contribution in [0.15, 0.2) is 22.7 Å². The number of rotatable bonds is 4. The van der Waals surface area contributed by atoms with Crippen LogP contribution in [0.1, 0.15) is 44.2 Å². The maximum absolute atomic E-state index is 14.0. The Hall–Kier alpha value is -0.410. The lowest BCUT2D eigenvalue weighted by atomic mass is 9.91. The first kappa shape index (κ1) is 13.0. The van der Waals surface area contributed by atoms with Crippen LogP contribution in [0.5, 0.6) is 0 Å². The Kier molecular flexibility index (Phi) is 4.57. The van der Waals surface area contributed by atoms with Crippen molar-refractivity contribution in [2.24, 2.45) is 5.92 Å². The van der Waals surface area contributed by atoms with Crippen LogP contribution < -0.4 is 5.32 Å². The van der Waals surface area contributed by atoms with E-state index in [1.54, 1.807) is 6.07 Å². The third-order valence-electron chi connectivity index (χ3n) is 3.59. The molecule has 1 aliphatic rings. The summed E-state index contributed by atoms with van der Waals surface area (Å²) >= 11 is 3.31. The minimum Gasteiger partial charge on any atom is -0.310 e. The number of hydrogen-bond donors (Lipinski definition) is 1. The van der Waals surface area contributed by atoms with E-state index in [1.807, 2.05) is 12.1 Å². The Labute approximate surface area is 111 Å². The van der Waals surface area contributed by atoms with Crippen LogP contribution in [-0.4, -0.2) is 6.54 Å². The van der Waals surface area contributed by atoms with Crippen LogP contribution in [0.3, 0.4) is 0 Å². The van der Waals surface area contributed by atoms with Gasteiger partial charge in [-0.25, -0.2) is 4.39 Å². The molecule has 17 heavy (non-hydrogen) atoms. The van der Waals surface area contributed by atoms with Crippen LogP contribution >= 0.6 is 15.9 Å². The molecule has 1 atom stereocenters. The minimum absolute atomic E-state index is 0.0998.